The van der Waals surface area contributed by atoms with E-state index in [1.54, 1.807) is 72.8 Å². The number of hydrogen-bond donors (Lipinski definition) is 2. The number of aliphatic hydroxyl groups is 1. The standard InChI is InChI=1S/C27H22O4/c28-25(29)31-27(23-17-9-3-10-18-23,24-19-11-4-12-20-24)26(30,21-13-5-1-6-14-21)22-15-7-2-8-16-22/h1-20,30H,(H,28,29). The highest BCUT2D eigenvalue weighted by Crippen LogP contribution is 2.52. The molecule has 4 rings (SSSR count). The zero-order chi connectivity index (χ0) is 21.7. The van der Waals surface area contributed by atoms with Gasteiger partial charge in [0.05, 0.1) is 0 Å². The van der Waals surface area contributed by atoms with Crippen LogP contribution in [0.3, 0.4) is 0 Å². The van der Waals surface area contributed by atoms with Crippen molar-refractivity contribution >= 4 is 6.16 Å². The molecule has 0 saturated carbocycles. The highest BCUT2D eigenvalue weighted by Gasteiger charge is 2.58. The Bertz CT molecular complexity index is 1050. The Morgan fingerprint density at radius 1 is 0.548 bits per heavy atom. The summed E-state index contributed by atoms with van der Waals surface area (Å²) in [7, 11) is 0. The second kappa shape index (κ2) is 8.46. The molecule has 0 radical (unpaired) electrons. The number of rotatable bonds is 6. The van der Waals surface area contributed by atoms with Crippen molar-refractivity contribution < 1.29 is 19.7 Å². The van der Waals surface area contributed by atoms with Gasteiger partial charge >= 0.3 is 6.16 Å². The maximum Gasteiger partial charge on any atom is 0.507 e. The summed E-state index contributed by atoms with van der Waals surface area (Å²) in [5.41, 5.74) is -1.59. The summed E-state index contributed by atoms with van der Waals surface area (Å²) in [5, 5.41) is 22.5. The molecule has 0 aromatic heterocycles. The smallest absolute Gasteiger partial charge is 0.450 e. The van der Waals surface area contributed by atoms with Crippen LogP contribution >= 0.6 is 0 Å². The molecule has 4 aromatic rings. The monoisotopic (exact) mass is 410 g/mol. The number of carbonyl (C=O) groups is 1. The molecule has 4 nitrogen and oxygen atoms in total. The lowest BCUT2D eigenvalue weighted by molar-refractivity contribution is -0.128. The maximum absolute atomic E-state index is 12.6. The van der Waals surface area contributed by atoms with E-state index < -0.39 is 17.4 Å². The molecule has 0 amide bonds. The van der Waals surface area contributed by atoms with Crippen molar-refractivity contribution in [1.82, 2.24) is 0 Å². The van der Waals surface area contributed by atoms with Crippen LogP contribution in [0.15, 0.2) is 121 Å². The fraction of sp³-hybridized carbons (Fsp3) is 0.0741. The molecule has 0 atom stereocenters. The summed E-state index contributed by atoms with van der Waals surface area (Å²) in [5.74, 6) is 0. The first-order valence-electron chi connectivity index (χ1n) is 9.95. The van der Waals surface area contributed by atoms with Crippen LogP contribution in [0, 0.1) is 0 Å². The molecular weight excluding hydrogens is 388 g/mol. The molecule has 154 valence electrons. The average Bonchev–Trinajstić information content (AvgIpc) is 2.84. The van der Waals surface area contributed by atoms with E-state index >= 15 is 0 Å². The molecular formula is C27H22O4. The minimum atomic E-state index is -1.86. The number of benzene rings is 4. The Balaban J connectivity index is 2.17. The van der Waals surface area contributed by atoms with Crippen molar-refractivity contribution in [2.24, 2.45) is 0 Å². The predicted octanol–water partition coefficient (Wildman–Crippen LogP) is 5.56. The van der Waals surface area contributed by atoms with Crippen molar-refractivity contribution in [3.8, 4) is 0 Å². The number of ether oxygens (including phenoxy) is 1. The normalized spacial score (nSPS) is 11.6. The van der Waals surface area contributed by atoms with Gasteiger partial charge in [0.25, 0.3) is 0 Å². The van der Waals surface area contributed by atoms with Crippen LogP contribution in [0.1, 0.15) is 22.3 Å². The van der Waals surface area contributed by atoms with Gasteiger partial charge in [-0.1, -0.05) is 121 Å². The van der Waals surface area contributed by atoms with E-state index in [1.807, 2.05) is 48.5 Å². The first-order valence-corrected chi connectivity index (χ1v) is 9.95. The highest BCUT2D eigenvalue weighted by molar-refractivity contribution is 5.62. The third kappa shape index (κ3) is 3.47. The van der Waals surface area contributed by atoms with Crippen LogP contribution in [0.4, 0.5) is 4.79 Å². The van der Waals surface area contributed by atoms with Gasteiger partial charge in [-0.15, -0.1) is 0 Å². The molecule has 4 aromatic carbocycles. The molecule has 0 aliphatic heterocycles. The van der Waals surface area contributed by atoms with Gasteiger partial charge in [0.1, 0.15) is 0 Å². The third-order valence-corrected chi connectivity index (χ3v) is 5.49. The van der Waals surface area contributed by atoms with Gasteiger partial charge in [0.15, 0.2) is 5.60 Å². The fourth-order valence-electron chi connectivity index (χ4n) is 4.18. The average molecular weight is 410 g/mol. The van der Waals surface area contributed by atoms with Crippen LogP contribution in [0.5, 0.6) is 0 Å². The van der Waals surface area contributed by atoms with E-state index in [0.717, 1.165) is 0 Å². The van der Waals surface area contributed by atoms with E-state index in [4.69, 9.17) is 4.74 Å². The molecule has 0 fully saturated rings. The van der Waals surface area contributed by atoms with Gasteiger partial charge in [-0.2, -0.15) is 0 Å². The van der Waals surface area contributed by atoms with Gasteiger partial charge in [-0.05, 0) is 11.1 Å². The molecule has 0 aliphatic rings. The summed E-state index contributed by atoms with van der Waals surface area (Å²) in [4.78, 5) is 12.1. The molecule has 0 unspecified atom stereocenters. The highest BCUT2D eigenvalue weighted by atomic mass is 16.7. The molecule has 2 N–H and O–H groups in total. The summed E-state index contributed by atoms with van der Waals surface area (Å²) in [6.07, 6.45) is -1.49. The summed E-state index contributed by atoms with van der Waals surface area (Å²) in [6.45, 7) is 0. The van der Waals surface area contributed by atoms with Crippen LogP contribution < -0.4 is 0 Å². The van der Waals surface area contributed by atoms with E-state index in [9.17, 15) is 15.0 Å². The van der Waals surface area contributed by atoms with Gasteiger partial charge < -0.3 is 14.9 Å². The Kier molecular flexibility index (Phi) is 5.56. The Morgan fingerprint density at radius 2 is 0.839 bits per heavy atom. The maximum atomic E-state index is 12.6. The summed E-state index contributed by atoms with van der Waals surface area (Å²) < 4.78 is 5.75. The second-order valence-corrected chi connectivity index (χ2v) is 7.22. The molecule has 0 aliphatic carbocycles. The van der Waals surface area contributed by atoms with Gasteiger partial charge in [-0.3, -0.25) is 0 Å². The molecule has 31 heavy (non-hydrogen) atoms. The largest absolute Gasteiger partial charge is 0.507 e. The van der Waals surface area contributed by atoms with E-state index in [1.165, 1.54) is 0 Å². The van der Waals surface area contributed by atoms with E-state index in [-0.39, 0.29) is 0 Å². The van der Waals surface area contributed by atoms with Crippen molar-refractivity contribution in [2.75, 3.05) is 0 Å². The zero-order valence-corrected chi connectivity index (χ0v) is 16.8. The predicted molar refractivity (Wildman–Crippen MR) is 119 cm³/mol. The lowest BCUT2D eigenvalue weighted by Gasteiger charge is -2.47. The van der Waals surface area contributed by atoms with Crippen LogP contribution in [-0.2, 0) is 15.9 Å². The fourth-order valence-corrected chi connectivity index (χ4v) is 4.18. The van der Waals surface area contributed by atoms with E-state index in [0.29, 0.717) is 22.3 Å². The number of carboxylic acid groups (broad SMARTS) is 1. The zero-order valence-electron chi connectivity index (χ0n) is 16.8. The molecule has 4 heteroatoms. The first kappa shape index (κ1) is 20.4. The summed E-state index contributed by atoms with van der Waals surface area (Å²) >= 11 is 0. The van der Waals surface area contributed by atoms with Gasteiger partial charge in [0, 0.05) is 11.1 Å². The van der Waals surface area contributed by atoms with Crippen molar-refractivity contribution in [2.45, 2.75) is 11.2 Å². The lowest BCUT2D eigenvalue weighted by Crippen LogP contribution is -2.53. The molecule has 0 saturated heterocycles. The van der Waals surface area contributed by atoms with Crippen molar-refractivity contribution in [1.29, 1.82) is 0 Å². The van der Waals surface area contributed by atoms with E-state index in [2.05, 4.69) is 0 Å². The topological polar surface area (TPSA) is 66.8 Å². The molecule has 0 heterocycles. The SMILES string of the molecule is O=C(O)OC(c1ccccc1)(c1ccccc1)C(O)(c1ccccc1)c1ccccc1. The Hall–Kier alpha value is -3.89. The third-order valence-electron chi connectivity index (χ3n) is 5.49. The minimum absolute atomic E-state index is 0.509. The Morgan fingerprint density at radius 3 is 1.13 bits per heavy atom. The quantitative estimate of drug-likeness (QED) is 0.408. The Labute approximate surface area is 181 Å². The van der Waals surface area contributed by atoms with Gasteiger partial charge in [0.2, 0.25) is 5.60 Å². The number of hydrogen-bond acceptors (Lipinski definition) is 3. The van der Waals surface area contributed by atoms with Crippen LogP contribution in [-0.4, -0.2) is 16.4 Å². The first-order chi connectivity index (χ1) is 15.1. The van der Waals surface area contributed by atoms with Crippen molar-refractivity contribution in [3.63, 3.8) is 0 Å². The molecule has 0 bridgehead atoms. The van der Waals surface area contributed by atoms with Gasteiger partial charge in [-0.25, -0.2) is 4.79 Å². The van der Waals surface area contributed by atoms with Crippen LogP contribution in [0.2, 0.25) is 0 Å². The molecule has 0 spiro atoms. The summed E-state index contributed by atoms with van der Waals surface area (Å²) in [6, 6.07) is 36.0. The minimum Gasteiger partial charge on any atom is -0.450 e. The second-order valence-electron chi connectivity index (χ2n) is 7.22. The van der Waals surface area contributed by atoms with Crippen LogP contribution in [0.25, 0.3) is 0 Å². The lowest BCUT2D eigenvalue weighted by atomic mass is 9.66. The van der Waals surface area contributed by atoms with Crippen molar-refractivity contribution in [3.05, 3.63) is 144 Å².